The van der Waals surface area contributed by atoms with Gasteiger partial charge in [0.2, 0.25) is 11.8 Å². The maximum Gasteiger partial charge on any atom is 0.242 e. The van der Waals surface area contributed by atoms with Crippen LogP contribution in [0.5, 0.6) is 0 Å². The second-order valence-corrected chi connectivity index (χ2v) is 12.4. The Hall–Kier alpha value is -4.03. The third-order valence-electron chi connectivity index (χ3n) is 6.78. The van der Waals surface area contributed by atoms with Crippen molar-refractivity contribution >= 4 is 56.8 Å². The van der Waals surface area contributed by atoms with Gasteiger partial charge in [-0.05, 0) is 66.4 Å². The Morgan fingerprint density at radius 3 is 2.12 bits per heavy atom. The normalized spacial score (nSPS) is 12.4. The molecule has 0 bridgehead atoms. The van der Waals surface area contributed by atoms with Crippen molar-refractivity contribution in [3.8, 4) is 0 Å². The lowest BCUT2D eigenvalue weighted by Crippen LogP contribution is -2.19. The minimum Gasteiger partial charge on any atom is -0.341 e. The van der Waals surface area contributed by atoms with Crippen molar-refractivity contribution < 1.29 is 9.59 Å². The van der Waals surface area contributed by atoms with Gasteiger partial charge in [0.25, 0.3) is 0 Å². The fraction of sp³-hybridized carbons (Fsp3) is 0.235. The van der Waals surface area contributed by atoms with Gasteiger partial charge in [-0.3, -0.25) is 9.59 Å². The quantitative estimate of drug-likeness (QED) is 0.190. The van der Waals surface area contributed by atoms with Gasteiger partial charge in [-0.2, -0.15) is 0 Å². The molecule has 5 rings (SSSR count). The molecule has 0 saturated carbocycles. The highest BCUT2D eigenvalue weighted by molar-refractivity contribution is 8.00. The number of aryl methyl sites for hydroxylation is 1. The Morgan fingerprint density at radius 2 is 1.43 bits per heavy atom. The van der Waals surface area contributed by atoms with Crippen molar-refractivity contribution in [1.29, 1.82) is 0 Å². The number of hydrogen-bond donors (Lipinski definition) is 2. The van der Waals surface area contributed by atoms with Crippen LogP contribution in [0.2, 0.25) is 0 Å². The van der Waals surface area contributed by atoms with Crippen LogP contribution >= 0.6 is 11.8 Å². The van der Waals surface area contributed by atoms with E-state index in [1.165, 1.54) is 22.7 Å². The highest BCUT2D eigenvalue weighted by atomic mass is 32.2. The van der Waals surface area contributed by atoms with Crippen LogP contribution in [-0.4, -0.2) is 16.4 Å². The van der Waals surface area contributed by atoms with E-state index in [1.807, 2.05) is 81.4 Å². The Bertz CT molecular complexity index is 1650. The van der Waals surface area contributed by atoms with Crippen LogP contribution < -0.4 is 10.6 Å². The van der Waals surface area contributed by atoms with Crippen LogP contribution in [0.1, 0.15) is 44.9 Å². The fourth-order valence-corrected chi connectivity index (χ4v) is 6.05. The third kappa shape index (κ3) is 6.23. The Labute approximate surface area is 240 Å². The number of nitrogens with zero attached hydrogens (tertiary/aromatic N) is 1. The number of benzene rings is 4. The summed E-state index contributed by atoms with van der Waals surface area (Å²) in [5.74, 6) is -0.0918. The molecule has 2 amide bonds. The number of rotatable bonds is 8. The van der Waals surface area contributed by atoms with E-state index >= 15 is 0 Å². The van der Waals surface area contributed by atoms with Crippen molar-refractivity contribution in [2.24, 2.45) is 5.41 Å². The Kier molecular flexibility index (Phi) is 7.99. The fourth-order valence-electron chi connectivity index (χ4n) is 5.02. The molecular formula is C34H35N3O2S. The van der Waals surface area contributed by atoms with Crippen LogP contribution in [0.15, 0.2) is 102 Å². The smallest absolute Gasteiger partial charge is 0.242 e. The van der Waals surface area contributed by atoms with Gasteiger partial charge >= 0.3 is 0 Å². The van der Waals surface area contributed by atoms with E-state index in [4.69, 9.17) is 0 Å². The summed E-state index contributed by atoms with van der Waals surface area (Å²) in [5, 5.41) is 8.01. The molecule has 4 aromatic carbocycles. The first-order valence-electron chi connectivity index (χ1n) is 13.7. The highest BCUT2D eigenvalue weighted by Crippen LogP contribution is 2.37. The number of carbonyl (C=O) groups is 2. The van der Waals surface area contributed by atoms with Gasteiger partial charge < -0.3 is 15.2 Å². The number of carbonyl (C=O) groups excluding carboxylic acids is 2. The molecule has 0 saturated heterocycles. The molecule has 0 spiro atoms. The SMILES string of the molecule is CCn1c2ccccc2c2cc(NC(=O)C(Sc3ccc(NC(=O)CC(C)(C)C)cc3)c3ccccc3)ccc21. The number of aromatic nitrogens is 1. The first-order chi connectivity index (χ1) is 19.2. The van der Waals surface area contributed by atoms with Crippen molar-refractivity contribution in [2.75, 3.05) is 10.6 Å². The van der Waals surface area contributed by atoms with Crippen molar-refractivity contribution in [2.45, 2.75) is 50.8 Å². The zero-order chi connectivity index (χ0) is 28.3. The standard InChI is InChI=1S/C34H35N3O2S/c1-5-37-29-14-10-9-13-27(29)28-21-25(17-20-30(28)37)36-33(39)32(23-11-7-6-8-12-23)40-26-18-15-24(16-19-26)35-31(38)22-34(2,3)4/h6-21,32H,5,22H2,1-4H3,(H,35,38)(H,36,39). The number of anilines is 2. The summed E-state index contributed by atoms with van der Waals surface area (Å²) in [6.07, 6.45) is 0.449. The number of fused-ring (bicyclic) bond motifs is 3. The van der Waals surface area contributed by atoms with E-state index in [0.717, 1.165) is 39.3 Å². The largest absolute Gasteiger partial charge is 0.341 e. The first-order valence-corrected chi connectivity index (χ1v) is 14.5. The molecule has 1 heterocycles. The number of thioether (sulfide) groups is 1. The molecule has 204 valence electrons. The molecule has 0 aliphatic heterocycles. The van der Waals surface area contributed by atoms with Gasteiger partial charge in [0, 0.05) is 51.0 Å². The summed E-state index contributed by atoms with van der Waals surface area (Å²) in [6, 6.07) is 32.0. The third-order valence-corrected chi connectivity index (χ3v) is 8.05. The van der Waals surface area contributed by atoms with E-state index in [2.05, 4.69) is 58.5 Å². The zero-order valence-corrected chi connectivity index (χ0v) is 24.2. The van der Waals surface area contributed by atoms with E-state index in [1.54, 1.807) is 0 Å². The van der Waals surface area contributed by atoms with Crippen LogP contribution in [0.25, 0.3) is 21.8 Å². The molecule has 5 aromatic rings. The molecule has 6 heteroatoms. The monoisotopic (exact) mass is 549 g/mol. The molecule has 1 unspecified atom stereocenters. The molecular weight excluding hydrogens is 514 g/mol. The first kappa shape index (κ1) is 27.5. The zero-order valence-electron chi connectivity index (χ0n) is 23.4. The van der Waals surface area contributed by atoms with Crippen molar-refractivity contribution in [1.82, 2.24) is 4.57 Å². The van der Waals surface area contributed by atoms with E-state index in [-0.39, 0.29) is 17.2 Å². The second kappa shape index (κ2) is 11.6. The number of amides is 2. The molecule has 40 heavy (non-hydrogen) atoms. The molecule has 2 N–H and O–H groups in total. The maximum absolute atomic E-state index is 13.7. The Balaban J connectivity index is 1.37. The molecule has 5 nitrogen and oxygen atoms in total. The molecule has 0 aliphatic carbocycles. The van der Waals surface area contributed by atoms with Crippen molar-refractivity contribution in [3.63, 3.8) is 0 Å². The predicted octanol–water partition coefficient (Wildman–Crippen LogP) is 8.66. The topological polar surface area (TPSA) is 63.1 Å². The van der Waals surface area contributed by atoms with Crippen LogP contribution in [0.4, 0.5) is 11.4 Å². The maximum atomic E-state index is 13.7. The predicted molar refractivity (Wildman–Crippen MR) is 168 cm³/mol. The summed E-state index contributed by atoms with van der Waals surface area (Å²) in [7, 11) is 0. The highest BCUT2D eigenvalue weighted by Gasteiger charge is 2.23. The summed E-state index contributed by atoms with van der Waals surface area (Å²) in [4.78, 5) is 27.0. The van der Waals surface area contributed by atoms with Gasteiger partial charge in [0.1, 0.15) is 5.25 Å². The summed E-state index contributed by atoms with van der Waals surface area (Å²) < 4.78 is 2.30. The van der Waals surface area contributed by atoms with E-state index in [9.17, 15) is 9.59 Å². The van der Waals surface area contributed by atoms with Gasteiger partial charge in [0.15, 0.2) is 0 Å². The van der Waals surface area contributed by atoms with Gasteiger partial charge in [-0.1, -0.05) is 69.3 Å². The lowest BCUT2D eigenvalue weighted by atomic mass is 9.92. The van der Waals surface area contributed by atoms with Gasteiger partial charge in [-0.15, -0.1) is 11.8 Å². The molecule has 0 fully saturated rings. The molecule has 1 atom stereocenters. The van der Waals surface area contributed by atoms with E-state index < -0.39 is 5.25 Å². The molecule has 0 radical (unpaired) electrons. The molecule has 1 aromatic heterocycles. The van der Waals surface area contributed by atoms with E-state index in [0.29, 0.717) is 6.42 Å². The lowest BCUT2D eigenvalue weighted by molar-refractivity contribution is -0.118. The summed E-state index contributed by atoms with van der Waals surface area (Å²) >= 11 is 1.49. The Morgan fingerprint density at radius 1 is 0.775 bits per heavy atom. The molecule has 0 aliphatic rings. The number of para-hydroxylation sites is 1. The minimum atomic E-state index is -0.449. The average molecular weight is 550 g/mol. The second-order valence-electron chi connectivity index (χ2n) is 11.2. The van der Waals surface area contributed by atoms with Crippen molar-refractivity contribution in [3.05, 3.63) is 103 Å². The van der Waals surface area contributed by atoms with Gasteiger partial charge in [-0.25, -0.2) is 0 Å². The van der Waals surface area contributed by atoms with Crippen LogP contribution in [0.3, 0.4) is 0 Å². The van der Waals surface area contributed by atoms with Gasteiger partial charge in [0.05, 0.1) is 0 Å². The van der Waals surface area contributed by atoms with Crippen LogP contribution in [0, 0.1) is 5.41 Å². The minimum absolute atomic E-state index is 0.00605. The summed E-state index contributed by atoms with van der Waals surface area (Å²) in [5.41, 5.74) is 4.72. The summed E-state index contributed by atoms with van der Waals surface area (Å²) in [6.45, 7) is 9.16. The number of hydrogen-bond acceptors (Lipinski definition) is 3. The lowest BCUT2D eigenvalue weighted by Gasteiger charge is -2.18. The van der Waals surface area contributed by atoms with Crippen LogP contribution in [-0.2, 0) is 16.1 Å². The average Bonchev–Trinajstić information content (AvgIpc) is 3.25. The number of nitrogens with one attached hydrogen (secondary N) is 2.